The maximum Gasteiger partial charge on any atom is 0.198 e. The van der Waals surface area contributed by atoms with Gasteiger partial charge in [-0.15, -0.1) is 0 Å². The van der Waals surface area contributed by atoms with Gasteiger partial charge in [0.2, 0.25) is 0 Å². The standard InChI is InChI=1S/C7H4N5/c1-2-8-3-10-6(1)7-11-4-9-5-12-7/h1-2,4-5H. The Kier molecular flexibility index (Phi) is 1.69. The van der Waals surface area contributed by atoms with Crippen molar-refractivity contribution in [1.29, 1.82) is 0 Å². The third-order valence-electron chi connectivity index (χ3n) is 1.26. The van der Waals surface area contributed by atoms with E-state index in [9.17, 15) is 0 Å². The molecule has 12 heavy (non-hydrogen) atoms. The predicted octanol–water partition coefficient (Wildman–Crippen LogP) is 0.129. The molecule has 0 N–H and O–H groups in total. The fraction of sp³-hybridized carbons (Fsp3) is 0. The highest BCUT2D eigenvalue weighted by Crippen LogP contribution is 2.05. The van der Waals surface area contributed by atoms with Crippen molar-refractivity contribution in [1.82, 2.24) is 24.9 Å². The van der Waals surface area contributed by atoms with E-state index in [4.69, 9.17) is 0 Å². The lowest BCUT2D eigenvalue weighted by atomic mass is 10.4. The molecule has 1 radical (unpaired) electrons. The molecule has 0 saturated heterocycles. The summed E-state index contributed by atoms with van der Waals surface area (Å²) >= 11 is 0. The van der Waals surface area contributed by atoms with Crippen LogP contribution in [-0.4, -0.2) is 24.9 Å². The molecular weight excluding hydrogens is 154 g/mol. The molecule has 2 aromatic heterocycles. The van der Waals surface area contributed by atoms with Gasteiger partial charge in [-0.05, 0) is 6.07 Å². The number of hydrogen-bond donors (Lipinski definition) is 0. The van der Waals surface area contributed by atoms with Crippen LogP contribution in [0.15, 0.2) is 24.9 Å². The van der Waals surface area contributed by atoms with Gasteiger partial charge in [0.05, 0.1) is 0 Å². The minimum atomic E-state index is 0.531. The van der Waals surface area contributed by atoms with Crippen LogP contribution in [0.25, 0.3) is 11.5 Å². The predicted molar refractivity (Wildman–Crippen MR) is 39.7 cm³/mol. The maximum atomic E-state index is 3.92. The van der Waals surface area contributed by atoms with Crippen LogP contribution >= 0.6 is 0 Å². The molecule has 0 aliphatic heterocycles. The van der Waals surface area contributed by atoms with E-state index in [-0.39, 0.29) is 0 Å². The van der Waals surface area contributed by atoms with E-state index in [0.29, 0.717) is 11.5 Å². The summed E-state index contributed by atoms with van der Waals surface area (Å²) in [6, 6.07) is 1.71. The Morgan fingerprint density at radius 2 is 2.00 bits per heavy atom. The Bertz CT molecular complexity index is 309. The van der Waals surface area contributed by atoms with Crippen molar-refractivity contribution in [3.8, 4) is 11.5 Å². The van der Waals surface area contributed by atoms with Gasteiger partial charge in [0.25, 0.3) is 0 Å². The zero-order chi connectivity index (χ0) is 8.23. The average molecular weight is 158 g/mol. The van der Waals surface area contributed by atoms with Gasteiger partial charge in [0.1, 0.15) is 18.3 Å². The average Bonchev–Trinajstić information content (AvgIpc) is 2.21. The topological polar surface area (TPSA) is 64.5 Å². The van der Waals surface area contributed by atoms with Gasteiger partial charge < -0.3 is 0 Å². The zero-order valence-electron chi connectivity index (χ0n) is 6.05. The molecule has 0 amide bonds. The van der Waals surface area contributed by atoms with Gasteiger partial charge in [-0.2, -0.15) is 0 Å². The zero-order valence-corrected chi connectivity index (χ0v) is 6.05. The van der Waals surface area contributed by atoms with Crippen LogP contribution in [0.1, 0.15) is 0 Å². The highest BCUT2D eigenvalue weighted by molar-refractivity contribution is 5.45. The summed E-state index contributed by atoms with van der Waals surface area (Å²) in [5, 5.41) is 0. The van der Waals surface area contributed by atoms with Gasteiger partial charge in [-0.1, -0.05) is 0 Å². The SMILES string of the molecule is [c]1nccc(-c2ncncn2)n1. The van der Waals surface area contributed by atoms with Gasteiger partial charge in [0.15, 0.2) is 12.2 Å². The minimum Gasteiger partial charge on any atom is -0.234 e. The Morgan fingerprint density at radius 3 is 2.67 bits per heavy atom. The number of rotatable bonds is 1. The Morgan fingerprint density at radius 1 is 1.17 bits per heavy atom. The monoisotopic (exact) mass is 158 g/mol. The minimum absolute atomic E-state index is 0.531. The van der Waals surface area contributed by atoms with Crippen molar-refractivity contribution < 1.29 is 0 Å². The second kappa shape index (κ2) is 3.00. The Hall–Kier alpha value is -1.91. The first-order valence-electron chi connectivity index (χ1n) is 3.28. The maximum absolute atomic E-state index is 3.92. The molecule has 57 valence electrons. The largest absolute Gasteiger partial charge is 0.234 e. The quantitative estimate of drug-likeness (QED) is 0.590. The lowest BCUT2D eigenvalue weighted by molar-refractivity contribution is 1.03. The van der Waals surface area contributed by atoms with Gasteiger partial charge in [-0.3, -0.25) is 0 Å². The normalized spacial score (nSPS) is 9.67. The molecular formula is C7H4N5. The van der Waals surface area contributed by atoms with Crippen molar-refractivity contribution in [2.45, 2.75) is 0 Å². The van der Waals surface area contributed by atoms with E-state index in [2.05, 4.69) is 31.2 Å². The van der Waals surface area contributed by atoms with E-state index < -0.39 is 0 Å². The van der Waals surface area contributed by atoms with Gasteiger partial charge in [0, 0.05) is 6.20 Å². The number of hydrogen-bond acceptors (Lipinski definition) is 5. The van der Waals surface area contributed by atoms with E-state index in [1.165, 1.54) is 12.7 Å². The second-order valence-electron chi connectivity index (χ2n) is 2.00. The van der Waals surface area contributed by atoms with Crippen LogP contribution in [-0.2, 0) is 0 Å². The highest BCUT2D eigenvalue weighted by atomic mass is 15.0. The van der Waals surface area contributed by atoms with Crippen molar-refractivity contribution >= 4 is 0 Å². The van der Waals surface area contributed by atoms with Crippen LogP contribution in [0.3, 0.4) is 0 Å². The molecule has 5 nitrogen and oxygen atoms in total. The van der Waals surface area contributed by atoms with Crippen molar-refractivity contribution in [3.05, 3.63) is 31.2 Å². The van der Waals surface area contributed by atoms with E-state index >= 15 is 0 Å². The lowest BCUT2D eigenvalue weighted by Crippen LogP contribution is -1.91. The molecule has 2 rings (SSSR count). The van der Waals surface area contributed by atoms with Crippen molar-refractivity contribution in [2.24, 2.45) is 0 Å². The molecule has 0 saturated carbocycles. The van der Waals surface area contributed by atoms with E-state index in [0.717, 1.165) is 0 Å². The van der Waals surface area contributed by atoms with Crippen LogP contribution in [0.4, 0.5) is 0 Å². The number of aromatic nitrogens is 5. The molecule has 0 aliphatic rings. The highest BCUT2D eigenvalue weighted by Gasteiger charge is 1.98. The van der Waals surface area contributed by atoms with Crippen molar-refractivity contribution in [2.75, 3.05) is 0 Å². The molecule has 0 fully saturated rings. The molecule has 2 heterocycles. The first-order chi connectivity index (χ1) is 5.97. The lowest BCUT2D eigenvalue weighted by Gasteiger charge is -1.93. The number of nitrogens with zero attached hydrogens (tertiary/aromatic N) is 5. The summed E-state index contributed by atoms with van der Waals surface area (Å²) in [5.74, 6) is 0.531. The van der Waals surface area contributed by atoms with Gasteiger partial charge in [-0.25, -0.2) is 24.9 Å². The van der Waals surface area contributed by atoms with Crippen molar-refractivity contribution in [3.63, 3.8) is 0 Å². The first-order valence-corrected chi connectivity index (χ1v) is 3.28. The fourth-order valence-electron chi connectivity index (χ4n) is 0.757. The third kappa shape index (κ3) is 1.24. The molecule has 0 atom stereocenters. The molecule has 0 spiro atoms. The molecule has 5 heteroatoms. The molecule has 2 aromatic rings. The summed E-state index contributed by atoms with van der Waals surface area (Å²) in [6.45, 7) is 0. The smallest absolute Gasteiger partial charge is 0.198 e. The summed E-state index contributed by atoms with van der Waals surface area (Å²) in [7, 11) is 0. The summed E-state index contributed by atoms with van der Waals surface area (Å²) in [4.78, 5) is 19.1. The first kappa shape index (κ1) is 6.78. The fourth-order valence-corrected chi connectivity index (χ4v) is 0.757. The van der Waals surface area contributed by atoms with E-state index in [1.807, 2.05) is 0 Å². The summed E-state index contributed by atoms with van der Waals surface area (Å²) < 4.78 is 0. The van der Waals surface area contributed by atoms with Gasteiger partial charge >= 0.3 is 0 Å². The summed E-state index contributed by atoms with van der Waals surface area (Å²) in [5.41, 5.74) is 0.646. The van der Waals surface area contributed by atoms with Crippen LogP contribution in [0.5, 0.6) is 0 Å². The van der Waals surface area contributed by atoms with Crippen LogP contribution in [0, 0.1) is 6.33 Å². The third-order valence-corrected chi connectivity index (χ3v) is 1.26. The molecule has 0 aromatic carbocycles. The van der Waals surface area contributed by atoms with Crippen LogP contribution < -0.4 is 0 Å². The molecule has 0 aliphatic carbocycles. The Balaban J connectivity index is 2.46. The summed E-state index contributed by atoms with van der Waals surface area (Å²) in [6.07, 6.45) is 6.89. The molecule has 0 bridgehead atoms. The van der Waals surface area contributed by atoms with E-state index in [1.54, 1.807) is 12.3 Å². The molecule has 0 unspecified atom stereocenters. The second-order valence-corrected chi connectivity index (χ2v) is 2.00. The Labute approximate surface area is 68.6 Å². The van der Waals surface area contributed by atoms with Crippen LogP contribution in [0.2, 0.25) is 0 Å².